The average molecular weight is 1390 g/mol. The van der Waals surface area contributed by atoms with Crippen LogP contribution in [0.2, 0.25) is 0 Å². The summed E-state index contributed by atoms with van der Waals surface area (Å²) in [6.45, 7) is 0. The maximum absolute atomic E-state index is 6.89. The lowest BCUT2D eigenvalue weighted by molar-refractivity contribution is 0.666. The normalized spacial score (nSPS) is 12.2. The van der Waals surface area contributed by atoms with E-state index in [1.807, 2.05) is 30.5 Å². The third-order valence-corrected chi connectivity index (χ3v) is 23.0. The molecule has 0 saturated carbocycles. The van der Waals surface area contributed by atoms with Crippen molar-refractivity contribution in [1.29, 1.82) is 0 Å². The van der Waals surface area contributed by atoms with Gasteiger partial charge >= 0.3 is 0 Å². The fraction of sp³-hybridized carbons (Fsp3) is 0. The number of hydrogen-bond donors (Lipinski definition) is 0. The van der Waals surface area contributed by atoms with Gasteiger partial charge in [0, 0.05) is 93.2 Å². The number of furan rings is 3. The minimum absolute atomic E-state index is 0.761. The first-order valence-electron chi connectivity index (χ1n) is 37.1. The van der Waals surface area contributed by atoms with Gasteiger partial charge in [-0.05, 0) is 202 Å². The maximum Gasteiger partial charge on any atom is 0.159 e. The summed E-state index contributed by atoms with van der Waals surface area (Å²) in [7, 11) is 0. The molecule has 0 fully saturated rings. The first-order chi connectivity index (χ1) is 54.1. The Kier molecular flexibility index (Phi) is 12.5. The van der Waals surface area contributed by atoms with E-state index in [4.69, 9.17) is 18.2 Å². The first kappa shape index (κ1) is 59.6. The van der Waals surface area contributed by atoms with Crippen LogP contribution < -0.4 is 0 Å². The van der Waals surface area contributed by atoms with Crippen molar-refractivity contribution >= 4 is 153 Å². The molecule has 0 aliphatic heterocycles. The molecule has 0 N–H and O–H groups in total. The minimum Gasteiger partial charge on any atom is -0.454 e. The molecule has 0 amide bonds. The first-order valence-corrected chi connectivity index (χ1v) is 37.1. The molecule has 8 heterocycles. The molecular formula is C101H59N5O3. The third-order valence-electron chi connectivity index (χ3n) is 23.0. The zero-order valence-electron chi connectivity index (χ0n) is 58.5. The van der Waals surface area contributed by atoms with Gasteiger partial charge in [-0.15, -0.1) is 0 Å². The van der Waals surface area contributed by atoms with E-state index in [0.29, 0.717) is 0 Å². The van der Waals surface area contributed by atoms with E-state index in [2.05, 4.69) is 346 Å². The Morgan fingerprint density at radius 3 is 1.18 bits per heavy atom. The number of hydrogen-bond acceptors (Lipinski definition) is 4. The van der Waals surface area contributed by atoms with Gasteiger partial charge in [-0.25, -0.2) is 0 Å². The Hall–Kier alpha value is -14.7. The number of nitrogens with zero attached hydrogens (tertiary/aromatic N) is 5. The van der Waals surface area contributed by atoms with E-state index in [-0.39, 0.29) is 0 Å². The summed E-state index contributed by atoms with van der Waals surface area (Å²) >= 11 is 0. The molecule has 506 valence electrons. The summed E-state index contributed by atoms with van der Waals surface area (Å²) in [5.74, 6) is 0. The Labute approximate surface area is 622 Å². The number of aromatic nitrogens is 5. The summed E-state index contributed by atoms with van der Waals surface area (Å²) in [4.78, 5) is 4.84. The highest BCUT2D eigenvalue weighted by molar-refractivity contribution is 6.20. The minimum atomic E-state index is 0.761. The molecule has 0 aliphatic rings. The Bertz CT molecular complexity index is 7990. The van der Waals surface area contributed by atoms with Gasteiger partial charge in [0.15, 0.2) is 16.7 Å². The van der Waals surface area contributed by atoms with Crippen LogP contribution in [0.4, 0.5) is 0 Å². The van der Waals surface area contributed by atoms with Crippen LogP contribution in [0, 0.1) is 0 Å². The molecule has 0 unspecified atom stereocenters. The van der Waals surface area contributed by atoms with E-state index in [0.717, 1.165) is 226 Å². The summed E-state index contributed by atoms with van der Waals surface area (Å²) in [6, 6.07) is 128. The van der Waals surface area contributed by atoms with Crippen LogP contribution in [0.1, 0.15) is 0 Å². The fourth-order valence-electron chi connectivity index (χ4n) is 18.2. The summed E-state index contributed by atoms with van der Waals surface area (Å²) in [5, 5.41) is 14.6. The Balaban J connectivity index is 0.725. The fourth-order valence-corrected chi connectivity index (χ4v) is 18.2. The molecule has 8 heteroatoms. The molecule has 24 rings (SSSR count). The van der Waals surface area contributed by atoms with Gasteiger partial charge in [-0.3, -0.25) is 4.98 Å². The number of benzene rings is 16. The van der Waals surface area contributed by atoms with E-state index >= 15 is 0 Å². The van der Waals surface area contributed by atoms with Gasteiger partial charge in [-0.2, -0.15) is 0 Å². The van der Waals surface area contributed by atoms with Gasteiger partial charge in [0.05, 0.1) is 55.5 Å². The standard InChI is InChI=1S/C101H59N5O3/c1-3-24-65(25-4-1)103-88-48-45-61(53-81(88)82-55-64(46-49-89(82)103)78-59-93-84(68-29-7-12-37-85(68)104(93)66-26-5-2-6-27-66)57-79(78)74-33-18-36-75-98-97(109-99(74)75)44-21-51-102-98)60-22-17-23-62(52-60)76-56-83-69-30-9-14-39-87(69)106(92-41-20-35-73-71-32-11-16-43-96(71)108-101(73)92)94(83)58-77(76)63-47-50-90-80(54-63)67-28-8-13-38-86(67)105(90)91-40-19-34-72-70-31-10-15-42-95(70)107-100(72)91/h1-59H. The zero-order valence-corrected chi connectivity index (χ0v) is 58.5. The van der Waals surface area contributed by atoms with Gasteiger partial charge in [-0.1, -0.05) is 200 Å². The third kappa shape index (κ3) is 8.73. The molecule has 109 heavy (non-hydrogen) atoms. The predicted molar refractivity (Wildman–Crippen MR) is 451 cm³/mol. The highest BCUT2D eigenvalue weighted by Gasteiger charge is 2.27. The lowest BCUT2D eigenvalue weighted by Gasteiger charge is -2.15. The van der Waals surface area contributed by atoms with E-state index in [9.17, 15) is 0 Å². The second kappa shape index (κ2) is 22.9. The molecule has 0 spiro atoms. The maximum atomic E-state index is 6.89. The van der Waals surface area contributed by atoms with Crippen LogP contribution in [0.3, 0.4) is 0 Å². The summed E-state index contributed by atoms with van der Waals surface area (Å²) < 4.78 is 30.2. The summed E-state index contributed by atoms with van der Waals surface area (Å²) in [6.07, 6.45) is 1.85. The SMILES string of the molecule is c1ccc(-n2c3ccc(-c4cccc(-c5cc6c7ccccc7n(-c7cccc8c7oc7ccccc78)c6cc5-c5ccc6c(c5)c5ccccc5n6-c5cccc6c5oc5ccccc56)c4)cc3c3cc(-c4cc5c(cc4-c4cccc6c4oc4cccnc46)c4ccccc4n5-c4ccccc4)ccc32)cc1. The Morgan fingerprint density at radius 1 is 0.193 bits per heavy atom. The lowest BCUT2D eigenvalue weighted by Crippen LogP contribution is -1.96. The van der Waals surface area contributed by atoms with Gasteiger partial charge in [0.1, 0.15) is 22.3 Å². The molecule has 24 aromatic rings. The van der Waals surface area contributed by atoms with Gasteiger partial charge < -0.3 is 31.5 Å². The smallest absolute Gasteiger partial charge is 0.159 e. The van der Waals surface area contributed by atoms with Crippen molar-refractivity contribution in [3.8, 4) is 78.4 Å². The van der Waals surface area contributed by atoms with Crippen LogP contribution >= 0.6 is 0 Å². The molecule has 8 nitrogen and oxygen atoms in total. The predicted octanol–water partition coefficient (Wildman–Crippen LogP) is 27.5. The molecule has 0 saturated heterocycles. The zero-order chi connectivity index (χ0) is 71.1. The lowest BCUT2D eigenvalue weighted by atomic mass is 9.90. The van der Waals surface area contributed by atoms with Crippen LogP contribution in [0.25, 0.3) is 232 Å². The van der Waals surface area contributed by atoms with E-state index in [1.165, 1.54) is 5.39 Å². The second-order valence-corrected chi connectivity index (χ2v) is 28.8. The second-order valence-electron chi connectivity index (χ2n) is 28.8. The van der Waals surface area contributed by atoms with Crippen molar-refractivity contribution in [3.63, 3.8) is 0 Å². The van der Waals surface area contributed by atoms with Crippen molar-refractivity contribution in [2.24, 2.45) is 0 Å². The highest BCUT2D eigenvalue weighted by Crippen LogP contribution is 2.50. The van der Waals surface area contributed by atoms with E-state index < -0.39 is 0 Å². The highest BCUT2D eigenvalue weighted by atomic mass is 16.3. The molecular weight excluding hydrogens is 1330 g/mol. The van der Waals surface area contributed by atoms with Gasteiger partial charge in [0.2, 0.25) is 0 Å². The quantitative estimate of drug-likeness (QED) is 0.144. The van der Waals surface area contributed by atoms with Crippen LogP contribution in [0.15, 0.2) is 371 Å². The average Bonchev–Trinajstić information content (AvgIpc) is 1.58. The molecule has 0 radical (unpaired) electrons. The van der Waals surface area contributed by atoms with Crippen molar-refractivity contribution in [2.75, 3.05) is 0 Å². The van der Waals surface area contributed by atoms with Crippen molar-refractivity contribution < 1.29 is 13.3 Å². The Morgan fingerprint density at radius 2 is 0.569 bits per heavy atom. The van der Waals surface area contributed by atoms with Crippen molar-refractivity contribution in [2.45, 2.75) is 0 Å². The van der Waals surface area contributed by atoms with Crippen LogP contribution in [-0.2, 0) is 0 Å². The number of para-hydroxylation sites is 10. The topological polar surface area (TPSA) is 72.0 Å². The van der Waals surface area contributed by atoms with E-state index in [1.54, 1.807) is 0 Å². The van der Waals surface area contributed by atoms with Crippen LogP contribution in [0.5, 0.6) is 0 Å². The molecule has 8 aromatic heterocycles. The largest absolute Gasteiger partial charge is 0.454 e. The number of fused-ring (bicyclic) bond motifs is 21. The number of pyridine rings is 1. The molecule has 0 atom stereocenters. The molecule has 0 bridgehead atoms. The number of rotatable bonds is 9. The van der Waals surface area contributed by atoms with Crippen molar-refractivity contribution in [1.82, 2.24) is 23.3 Å². The van der Waals surface area contributed by atoms with Crippen LogP contribution in [-0.4, -0.2) is 23.3 Å². The summed E-state index contributed by atoms with van der Waals surface area (Å²) in [5.41, 5.74) is 29.8. The van der Waals surface area contributed by atoms with Gasteiger partial charge in [0.25, 0.3) is 0 Å². The van der Waals surface area contributed by atoms with Crippen molar-refractivity contribution in [3.05, 3.63) is 358 Å². The molecule has 0 aliphatic carbocycles. The molecule has 16 aromatic carbocycles. The monoisotopic (exact) mass is 1390 g/mol.